The van der Waals surface area contributed by atoms with Gasteiger partial charge in [-0.2, -0.15) is 0 Å². The topological polar surface area (TPSA) is 138 Å². The Balaban J connectivity index is 1.80. The summed E-state index contributed by atoms with van der Waals surface area (Å²) >= 11 is 0. The lowest BCUT2D eigenvalue weighted by molar-refractivity contribution is -0.117. The van der Waals surface area contributed by atoms with Crippen LogP contribution in [-0.4, -0.2) is 45.0 Å². The van der Waals surface area contributed by atoms with Crippen LogP contribution in [0.25, 0.3) is 0 Å². The van der Waals surface area contributed by atoms with Gasteiger partial charge in [0.2, 0.25) is 21.9 Å². The number of carbonyl (C=O) groups is 1. The van der Waals surface area contributed by atoms with Crippen LogP contribution in [0.5, 0.6) is 0 Å². The van der Waals surface area contributed by atoms with Crippen LogP contribution in [-0.2, 0) is 24.8 Å². The number of sulfonamides is 2. The summed E-state index contributed by atoms with van der Waals surface area (Å²) in [6, 6.07) is 13.1. The van der Waals surface area contributed by atoms with Crippen LogP contribution in [0, 0.1) is 20.8 Å². The van der Waals surface area contributed by atoms with Crippen molar-refractivity contribution in [3.63, 3.8) is 0 Å². The minimum atomic E-state index is -3.96. The quantitative estimate of drug-likeness (QED) is 0.432. The summed E-state index contributed by atoms with van der Waals surface area (Å²) in [6.45, 7) is 7.06. The number of nitrogens with zero attached hydrogens (tertiary/aromatic N) is 3. The van der Waals surface area contributed by atoms with Crippen molar-refractivity contribution in [2.45, 2.75) is 45.1 Å². The number of aryl methyl sites for hydroxylation is 3. The third-order valence-electron chi connectivity index (χ3n) is 5.26. The first-order chi connectivity index (χ1) is 16.8. The Morgan fingerprint density at radius 3 is 1.97 bits per heavy atom. The number of nitrogens with one attached hydrogen (secondary N) is 2. The van der Waals surface area contributed by atoms with Gasteiger partial charge in [-0.05, 0) is 69.7 Å². The van der Waals surface area contributed by atoms with Crippen molar-refractivity contribution in [1.82, 2.24) is 9.97 Å². The monoisotopic (exact) mass is 531 g/mol. The highest BCUT2D eigenvalue weighted by atomic mass is 32.2. The van der Waals surface area contributed by atoms with Gasteiger partial charge in [0.1, 0.15) is 6.04 Å². The maximum Gasteiger partial charge on any atom is 0.264 e. The fourth-order valence-electron chi connectivity index (χ4n) is 3.65. The van der Waals surface area contributed by atoms with Crippen LogP contribution in [0.2, 0.25) is 0 Å². The average Bonchev–Trinajstić information content (AvgIpc) is 2.76. The summed E-state index contributed by atoms with van der Waals surface area (Å²) in [5, 5.41) is 2.68. The molecule has 2 aromatic carbocycles. The highest BCUT2D eigenvalue weighted by Gasteiger charge is 2.31. The van der Waals surface area contributed by atoms with Gasteiger partial charge in [-0.3, -0.25) is 9.10 Å². The molecule has 0 aliphatic heterocycles. The third kappa shape index (κ3) is 6.58. The summed E-state index contributed by atoms with van der Waals surface area (Å²) < 4.78 is 54.1. The number of hydrogen-bond donors (Lipinski definition) is 2. The molecule has 0 aliphatic carbocycles. The number of hydrogen-bond acceptors (Lipinski definition) is 7. The molecule has 0 bridgehead atoms. The smallest absolute Gasteiger partial charge is 0.264 e. The Morgan fingerprint density at radius 1 is 0.917 bits per heavy atom. The summed E-state index contributed by atoms with van der Waals surface area (Å²) in [4.78, 5) is 21.2. The van der Waals surface area contributed by atoms with Gasteiger partial charge in [0, 0.05) is 17.1 Å². The minimum Gasteiger partial charge on any atom is -0.324 e. The Kier molecular flexibility index (Phi) is 7.99. The molecular formula is C24H29N5O5S2. The zero-order chi connectivity index (χ0) is 26.7. The van der Waals surface area contributed by atoms with Crippen molar-refractivity contribution in [2.75, 3.05) is 20.6 Å². The van der Waals surface area contributed by atoms with Crippen LogP contribution >= 0.6 is 0 Å². The fraction of sp³-hybridized carbons (Fsp3) is 0.292. The number of aromatic nitrogens is 2. The third-order valence-corrected chi connectivity index (χ3v) is 7.78. The van der Waals surface area contributed by atoms with Crippen LogP contribution in [0.15, 0.2) is 59.5 Å². The molecule has 0 aliphatic rings. The lowest BCUT2D eigenvalue weighted by Crippen LogP contribution is -2.47. The van der Waals surface area contributed by atoms with Gasteiger partial charge in [0.15, 0.2) is 0 Å². The summed E-state index contributed by atoms with van der Waals surface area (Å²) in [5.41, 5.74) is 2.90. The van der Waals surface area contributed by atoms with Crippen molar-refractivity contribution in [3.8, 4) is 0 Å². The Bertz CT molecular complexity index is 1440. The molecule has 2 N–H and O–H groups in total. The first kappa shape index (κ1) is 27.1. The average molecular weight is 532 g/mol. The lowest BCUT2D eigenvalue weighted by Gasteiger charge is -2.30. The van der Waals surface area contributed by atoms with E-state index in [1.54, 1.807) is 51.1 Å². The van der Waals surface area contributed by atoms with E-state index in [4.69, 9.17) is 0 Å². The van der Waals surface area contributed by atoms with Crippen LogP contribution in [0.4, 0.5) is 17.3 Å². The Labute approximate surface area is 211 Å². The molecule has 10 nitrogen and oxygen atoms in total. The number of carbonyl (C=O) groups excluding carboxylic acids is 1. The van der Waals surface area contributed by atoms with Gasteiger partial charge >= 0.3 is 0 Å². The van der Waals surface area contributed by atoms with E-state index >= 15 is 0 Å². The molecule has 192 valence electrons. The van der Waals surface area contributed by atoms with Crippen molar-refractivity contribution in [3.05, 3.63) is 71.5 Å². The van der Waals surface area contributed by atoms with Crippen molar-refractivity contribution in [2.24, 2.45) is 0 Å². The number of benzene rings is 2. The highest BCUT2D eigenvalue weighted by molar-refractivity contribution is 7.92. The van der Waals surface area contributed by atoms with Crippen molar-refractivity contribution in [1.29, 1.82) is 0 Å². The van der Waals surface area contributed by atoms with Crippen LogP contribution < -0.4 is 14.3 Å². The molecule has 1 atom stereocenters. The SMILES string of the molecule is CC[C@H](C(=O)Nc1ccc(S(=O)(=O)Nc2nc(C)cc(C)n2)cc1)N(c1ccc(C)cc1)S(C)(=O)=O. The van der Waals surface area contributed by atoms with Crippen molar-refractivity contribution >= 4 is 43.3 Å². The molecule has 0 radical (unpaired) electrons. The minimum absolute atomic E-state index is 0.0346. The van der Waals surface area contributed by atoms with Crippen LogP contribution in [0.1, 0.15) is 30.3 Å². The molecular weight excluding hydrogens is 502 g/mol. The highest BCUT2D eigenvalue weighted by Crippen LogP contribution is 2.24. The van der Waals surface area contributed by atoms with Gasteiger partial charge in [-0.1, -0.05) is 24.6 Å². The van der Waals surface area contributed by atoms with Gasteiger partial charge < -0.3 is 5.32 Å². The van der Waals surface area contributed by atoms with Gasteiger partial charge in [-0.25, -0.2) is 31.5 Å². The second-order valence-electron chi connectivity index (χ2n) is 8.41. The molecule has 3 rings (SSSR count). The molecule has 36 heavy (non-hydrogen) atoms. The Hall–Kier alpha value is -3.51. The van der Waals surface area contributed by atoms with E-state index in [9.17, 15) is 21.6 Å². The molecule has 0 saturated carbocycles. The van der Waals surface area contributed by atoms with Crippen LogP contribution in [0.3, 0.4) is 0 Å². The number of anilines is 3. The second kappa shape index (κ2) is 10.6. The molecule has 1 amide bonds. The molecule has 12 heteroatoms. The molecule has 0 saturated heterocycles. The van der Waals surface area contributed by atoms with E-state index in [0.29, 0.717) is 22.8 Å². The normalized spacial score (nSPS) is 12.6. The molecule has 0 fully saturated rings. The zero-order valence-corrected chi connectivity index (χ0v) is 22.3. The van der Waals surface area contributed by atoms with E-state index in [1.165, 1.54) is 24.3 Å². The maximum atomic E-state index is 13.1. The first-order valence-electron chi connectivity index (χ1n) is 11.1. The summed E-state index contributed by atoms with van der Waals surface area (Å²) in [6.07, 6.45) is 1.27. The fourth-order valence-corrected chi connectivity index (χ4v) is 5.80. The number of rotatable bonds is 9. The van der Waals surface area contributed by atoms with Gasteiger partial charge in [0.25, 0.3) is 10.0 Å². The zero-order valence-electron chi connectivity index (χ0n) is 20.7. The molecule has 0 spiro atoms. The molecule has 0 unspecified atom stereocenters. The largest absolute Gasteiger partial charge is 0.324 e. The predicted octanol–water partition coefficient (Wildman–Crippen LogP) is 3.39. The second-order valence-corrected chi connectivity index (χ2v) is 12.0. The van der Waals surface area contributed by atoms with Crippen molar-refractivity contribution < 1.29 is 21.6 Å². The van der Waals surface area contributed by atoms with Gasteiger partial charge in [-0.15, -0.1) is 0 Å². The predicted molar refractivity (Wildman–Crippen MR) is 140 cm³/mol. The molecule has 3 aromatic rings. The van der Waals surface area contributed by atoms with E-state index in [0.717, 1.165) is 16.1 Å². The lowest BCUT2D eigenvalue weighted by atomic mass is 10.1. The van der Waals surface area contributed by atoms with E-state index in [1.807, 2.05) is 6.92 Å². The van der Waals surface area contributed by atoms with E-state index in [2.05, 4.69) is 20.0 Å². The summed E-state index contributed by atoms with van der Waals surface area (Å²) in [7, 11) is -7.73. The van der Waals surface area contributed by atoms with E-state index < -0.39 is 32.0 Å². The first-order valence-corrected chi connectivity index (χ1v) is 14.5. The standard InChI is InChI=1S/C24H29N5O5S2/c1-6-22(29(35(5,31)32)20-11-7-16(2)8-12-20)23(30)27-19-9-13-21(14-10-19)36(33,34)28-24-25-17(3)15-18(4)26-24/h7-15,22H,6H2,1-5H3,(H,27,30)(H,25,26,28)/t22-/m1/s1. The van der Waals surface area contributed by atoms with E-state index in [-0.39, 0.29) is 17.3 Å². The van der Waals surface area contributed by atoms with Gasteiger partial charge in [0.05, 0.1) is 16.8 Å². The summed E-state index contributed by atoms with van der Waals surface area (Å²) in [5.74, 6) is -0.575. The Morgan fingerprint density at radius 2 is 1.47 bits per heavy atom. The molecule has 1 aromatic heterocycles. The maximum absolute atomic E-state index is 13.1. The molecule has 1 heterocycles. The number of amides is 1.